The maximum absolute atomic E-state index is 11.3. The molecule has 0 radical (unpaired) electrons. The van der Waals surface area contributed by atoms with E-state index in [1.165, 1.54) is 6.07 Å². The quantitative estimate of drug-likeness (QED) is 0.764. The number of aryl methyl sites for hydroxylation is 2. The standard InChI is InChI=1S/C12H17NO5S/c1-8-7-11(19(13,16)17)9(2)6-10(8)18-5-3-4-12(14)15/h6-7H,3-5H2,1-2H3,(H,14,15)(H2,13,16,17). The van der Waals surface area contributed by atoms with Crippen LogP contribution in [0.25, 0.3) is 0 Å². The highest BCUT2D eigenvalue weighted by molar-refractivity contribution is 7.89. The second-order valence-electron chi connectivity index (χ2n) is 4.27. The van der Waals surface area contributed by atoms with Gasteiger partial charge in [0.25, 0.3) is 0 Å². The maximum atomic E-state index is 11.3. The number of aliphatic carboxylic acids is 1. The summed E-state index contributed by atoms with van der Waals surface area (Å²) in [6, 6.07) is 3.05. The zero-order chi connectivity index (χ0) is 14.6. The Hall–Kier alpha value is -1.60. The number of hydrogen-bond donors (Lipinski definition) is 2. The van der Waals surface area contributed by atoms with Crippen molar-refractivity contribution in [2.45, 2.75) is 31.6 Å². The number of ether oxygens (including phenoxy) is 1. The molecule has 0 fully saturated rings. The molecule has 3 N–H and O–H groups in total. The second-order valence-corrected chi connectivity index (χ2v) is 5.80. The first-order valence-corrected chi connectivity index (χ1v) is 7.25. The smallest absolute Gasteiger partial charge is 0.303 e. The van der Waals surface area contributed by atoms with E-state index < -0.39 is 16.0 Å². The van der Waals surface area contributed by atoms with E-state index >= 15 is 0 Å². The number of hydrogen-bond acceptors (Lipinski definition) is 4. The SMILES string of the molecule is Cc1cc(S(N)(=O)=O)c(C)cc1OCCCC(=O)O. The van der Waals surface area contributed by atoms with Crippen LogP contribution in [0.4, 0.5) is 0 Å². The molecule has 0 unspecified atom stereocenters. The Morgan fingerprint density at radius 2 is 1.95 bits per heavy atom. The molecular formula is C12H17NO5S. The highest BCUT2D eigenvalue weighted by atomic mass is 32.2. The molecule has 0 saturated heterocycles. The normalized spacial score (nSPS) is 11.3. The molecule has 19 heavy (non-hydrogen) atoms. The van der Waals surface area contributed by atoms with Gasteiger partial charge in [0, 0.05) is 6.42 Å². The summed E-state index contributed by atoms with van der Waals surface area (Å²) in [4.78, 5) is 10.4. The van der Waals surface area contributed by atoms with Crippen molar-refractivity contribution < 1.29 is 23.1 Å². The monoisotopic (exact) mass is 287 g/mol. The molecule has 0 aliphatic heterocycles. The summed E-state index contributed by atoms with van der Waals surface area (Å²) >= 11 is 0. The van der Waals surface area contributed by atoms with Gasteiger partial charge in [0.1, 0.15) is 5.75 Å². The van der Waals surface area contributed by atoms with Crippen molar-refractivity contribution in [1.82, 2.24) is 0 Å². The molecule has 0 atom stereocenters. The highest BCUT2D eigenvalue weighted by Crippen LogP contribution is 2.25. The van der Waals surface area contributed by atoms with Crippen molar-refractivity contribution in [3.8, 4) is 5.75 Å². The lowest BCUT2D eigenvalue weighted by atomic mass is 10.1. The van der Waals surface area contributed by atoms with Crippen LogP contribution in [0.3, 0.4) is 0 Å². The fourth-order valence-corrected chi connectivity index (χ4v) is 2.48. The lowest BCUT2D eigenvalue weighted by Gasteiger charge is -2.12. The zero-order valence-corrected chi connectivity index (χ0v) is 11.7. The summed E-state index contributed by atoms with van der Waals surface area (Å²) in [5, 5.41) is 13.6. The molecule has 1 rings (SSSR count). The van der Waals surface area contributed by atoms with Gasteiger partial charge < -0.3 is 9.84 Å². The molecule has 0 amide bonds. The minimum atomic E-state index is -3.74. The molecular weight excluding hydrogens is 270 g/mol. The Kier molecular flexibility index (Phi) is 4.90. The second kappa shape index (κ2) is 6.03. The van der Waals surface area contributed by atoms with Crippen LogP contribution >= 0.6 is 0 Å². The molecule has 0 bridgehead atoms. The average Bonchev–Trinajstić information content (AvgIpc) is 2.26. The first-order valence-electron chi connectivity index (χ1n) is 5.70. The van der Waals surface area contributed by atoms with Gasteiger partial charge in [0.2, 0.25) is 10.0 Å². The number of carboxylic acids is 1. The molecule has 0 aliphatic carbocycles. The van der Waals surface area contributed by atoms with Crippen LogP contribution < -0.4 is 9.88 Å². The van der Waals surface area contributed by atoms with E-state index in [4.69, 9.17) is 15.0 Å². The van der Waals surface area contributed by atoms with E-state index in [9.17, 15) is 13.2 Å². The number of primary sulfonamides is 1. The van der Waals surface area contributed by atoms with E-state index in [2.05, 4.69) is 0 Å². The fraction of sp³-hybridized carbons (Fsp3) is 0.417. The predicted molar refractivity (Wildman–Crippen MR) is 69.7 cm³/mol. The van der Waals surface area contributed by atoms with E-state index in [0.717, 1.165) is 0 Å². The van der Waals surface area contributed by atoms with E-state index in [-0.39, 0.29) is 17.9 Å². The number of nitrogens with two attached hydrogens (primary N) is 1. The molecule has 0 spiro atoms. The van der Waals surface area contributed by atoms with Crippen LogP contribution in [0.5, 0.6) is 5.75 Å². The van der Waals surface area contributed by atoms with Crippen molar-refractivity contribution in [2.24, 2.45) is 5.14 Å². The number of rotatable bonds is 6. The third kappa shape index (κ3) is 4.53. The van der Waals surface area contributed by atoms with Gasteiger partial charge in [-0.25, -0.2) is 13.6 Å². The number of carboxylic acid groups (broad SMARTS) is 1. The summed E-state index contributed by atoms with van der Waals surface area (Å²) in [7, 11) is -3.74. The summed E-state index contributed by atoms with van der Waals surface area (Å²) in [6.07, 6.45) is 0.429. The summed E-state index contributed by atoms with van der Waals surface area (Å²) in [5.74, 6) is -0.337. The maximum Gasteiger partial charge on any atom is 0.303 e. The van der Waals surface area contributed by atoms with Crippen molar-refractivity contribution >= 4 is 16.0 Å². The van der Waals surface area contributed by atoms with Crippen LogP contribution in [-0.2, 0) is 14.8 Å². The van der Waals surface area contributed by atoms with Gasteiger partial charge in [-0.1, -0.05) is 0 Å². The van der Waals surface area contributed by atoms with Gasteiger partial charge in [-0.2, -0.15) is 0 Å². The van der Waals surface area contributed by atoms with Gasteiger partial charge >= 0.3 is 5.97 Å². The minimum Gasteiger partial charge on any atom is -0.493 e. The van der Waals surface area contributed by atoms with Crippen LogP contribution in [0.1, 0.15) is 24.0 Å². The average molecular weight is 287 g/mol. The Labute approximate surface area is 112 Å². The topological polar surface area (TPSA) is 107 Å². The number of carbonyl (C=O) groups is 1. The van der Waals surface area contributed by atoms with Crippen LogP contribution in [0, 0.1) is 13.8 Å². The van der Waals surface area contributed by atoms with Crippen molar-refractivity contribution in [3.05, 3.63) is 23.3 Å². The van der Waals surface area contributed by atoms with Crippen LogP contribution in [0.15, 0.2) is 17.0 Å². The molecule has 0 aliphatic rings. The summed E-state index contributed by atoms with van der Waals surface area (Å²) in [5.41, 5.74) is 1.14. The highest BCUT2D eigenvalue weighted by Gasteiger charge is 2.14. The minimum absolute atomic E-state index is 0.0350. The lowest BCUT2D eigenvalue weighted by molar-refractivity contribution is -0.137. The molecule has 1 aromatic carbocycles. The summed E-state index contributed by atoms with van der Waals surface area (Å²) < 4.78 is 28.1. The van der Waals surface area contributed by atoms with Gasteiger partial charge in [-0.15, -0.1) is 0 Å². The Balaban J connectivity index is 2.82. The Bertz CT molecular complexity index is 580. The third-order valence-electron chi connectivity index (χ3n) is 2.57. The molecule has 0 saturated carbocycles. The van der Waals surface area contributed by atoms with Crippen molar-refractivity contribution in [2.75, 3.05) is 6.61 Å². The molecule has 7 heteroatoms. The fourth-order valence-electron chi connectivity index (χ4n) is 1.63. The van der Waals surface area contributed by atoms with Crippen LogP contribution in [-0.4, -0.2) is 26.1 Å². The van der Waals surface area contributed by atoms with E-state index in [1.807, 2.05) is 0 Å². The molecule has 0 heterocycles. The zero-order valence-electron chi connectivity index (χ0n) is 10.8. The first kappa shape index (κ1) is 15.5. The lowest BCUT2D eigenvalue weighted by Crippen LogP contribution is -2.14. The van der Waals surface area contributed by atoms with Gasteiger partial charge in [0.15, 0.2) is 0 Å². The van der Waals surface area contributed by atoms with Gasteiger partial charge in [-0.05, 0) is 43.5 Å². The molecule has 1 aromatic rings. The summed E-state index contributed by atoms with van der Waals surface area (Å²) in [6.45, 7) is 3.60. The van der Waals surface area contributed by atoms with Crippen molar-refractivity contribution in [1.29, 1.82) is 0 Å². The largest absolute Gasteiger partial charge is 0.493 e. The first-order chi connectivity index (χ1) is 8.71. The third-order valence-corrected chi connectivity index (χ3v) is 3.62. The predicted octanol–water partition coefficient (Wildman–Crippen LogP) is 1.19. The van der Waals surface area contributed by atoms with Crippen molar-refractivity contribution in [3.63, 3.8) is 0 Å². The van der Waals surface area contributed by atoms with E-state index in [0.29, 0.717) is 23.3 Å². The Morgan fingerprint density at radius 3 is 2.47 bits per heavy atom. The number of sulfonamides is 1. The molecule has 0 aromatic heterocycles. The Morgan fingerprint density at radius 1 is 1.32 bits per heavy atom. The molecule has 106 valence electrons. The van der Waals surface area contributed by atoms with Gasteiger partial charge in [0.05, 0.1) is 11.5 Å². The van der Waals surface area contributed by atoms with E-state index in [1.54, 1.807) is 19.9 Å². The number of benzene rings is 1. The van der Waals surface area contributed by atoms with Gasteiger partial charge in [-0.3, -0.25) is 4.79 Å². The van der Waals surface area contributed by atoms with Crippen LogP contribution in [0.2, 0.25) is 0 Å². The molecule has 6 nitrogen and oxygen atoms in total.